The summed E-state index contributed by atoms with van der Waals surface area (Å²) >= 11 is 1.30. The Bertz CT molecular complexity index is 998. The highest BCUT2D eigenvalue weighted by Crippen LogP contribution is 2.33. The van der Waals surface area contributed by atoms with Crippen LogP contribution in [0.4, 0.5) is 5.13 Å². The molecule has 0 aliphatic carbocycles. The van der Waals surface area contributed by atoms with Crippen LogP contribution in [0.2, 0.25) is 0 Å². The van der Waals surface area contributed by atoms with Crippen molar-refractivity contribution >= 4 is 28.5 Å². The molecule has 0 radical (unpaired) electrons. The number of ether oxygens (including phenoxy) is 3. The first kappa shape index (κ1) is 17.0. The van der Waals surface area contributed by atoms with Crippen LogP contribution < -0.4 is 19.5 Å². The molecule has 0 atom stereocenters. The van der Waals surface area contributed by atoms with E-state index in [0.717, 1.165) is 16.9 Å². The standard InChI is InChI=1S/C19H15N3O4S/c1-24-14-6-4-13(5-7-14)18-21-22-19(27-18)20-17(23)9-3-12-2-8-15-16(10-12)26-11-25-15/h2-10H,11H2,1H3,(H,20,22,23)/b9-3-. The Morgan fingerprint density at radius 1 is 1.15 bits per heavy atom. The lowest BCUT2D eigenvalue weighted by atomic mass is 10.2. The zero-order valence-electron chi connectivity index (χ0n) is 14.3. The maximum Gasteiger partial charge on any atom is 0.250 e. The summed E-state index contributed by atoms with van der Waals surface area (Å²) in [5.74, 6) is 1.86. The average molecular weight is 381 g/mol. The fraction of sp³-hybridized carbons (Fsp3) is 0.105. The van der Waals surface area contributed by atoms with Gasteiger partial charge in [-0.25, -0.2) is 0 Å². The molecule has 1 N–H and O–H groups in total. The van der Waals surface area contributed by atoms with Gasteiger partial charge in [0, 0.05) is 11.6 Å². The number of amides is 1. The Labute approximate surface area is 159 Å². The summed E-state index contributed by atoms with van der Waals surface area (Å²) in [6.45, 7) is 0.219. The number of carbonyl (C=O) groups is 1. The Hall–Kier alpha value is -3.39. The number of hydrogen-bond donors (Lipinski definition) is 1. The molecule has 2 heterocycles. The Morgan fingerprint density at radius 2 is 1.96 bits per heavy atom. The van der Waals surface area contributed by atoms with Crippen molar-refractivity contribution in [2.75, 3.05) is 19.2 Å². The highest BCUT2D eigenvalue weighted by molar-refractivity contribution is 7.18. The quantitative estimate of drug-likeness (QED) is 0.680. The van der Waals surface area contributed by atoms with E-state index >= 15 is 0 Å². The van der Waals surface area contributed by atoms with E-state index in [4.69, 9.17) is 14.2 Å². The van der Waals surface area contributed by atoms with Gasteiger partial charge in [-0.3, -0.25) is 10.1 Å². The first-order chi connectivity index (χ1) is 13.2. The molecular formula is C19H15N3O4S. The number of benzene rings is 2. The Kier molecular flexibility index (Phi) is 4.71. The first-order valence-electron chi connectivity index (χ1n) is 8.08. The van der Waals surface area contributed by atoms with Crippen molar-refractivity contribution in [2.24, 2.45) is 0 Å². The first-order valence-corrected chi connectivity index (χ1v) is 8.89. The fourth-order valence-corrected chi connectivity index (χ4v) is 3.21. The second-order valence-electron chi connectivity index (χ2n) is 5.58. The molecule has 0 spiro atoms. The molecular weight excluding hydrogens is 366 g/mol. The van der Waals surface area contributed by atoms with Gasteiger partial charge in [0.2, 0.25) is 17.8 Å². The summed E-state index contributed by atoms with van der Waals surface area (Å²) in [7, 11) is 1.62. The molecule has 0 saturated heterocycles. The second kappa shape index (κ2) is 7.46. The highest BCUT2D eigenvalue weighted by atomic mass is 32.1. The van der Waals surface area contributed by atoms with Gasteiger partial charge in [-0.1, -0.05) is 17.4 Å². The lowest BCUT2D eigenvalue weighted by Crippen LogP contribution is -2.07. The minimum Gasteiger partial charge on any atom is -0.497 e. The predicted molar refractivity (Wildman–Crippen MR) is 102 cm³/mol. The SMILES string of the molecule is COc1ccc(-c2nnc(NC(=O)/C=C\c3ccc4c(c3)OCO4)s2)cc1. The van der Waals surface area contributed by atoms with Crippen molar-refractivity contribution in [3.05, 3.63) is 54.1 Å². The lowest BCUT2D eigenvalue weighted by molar-refractivity contribution is -0.111. The smallest absolute Gasteiger partial charge is 0.250 e. The number of fused-ring (bicyclic) bond motifs is 1. The van der Waals surface area contributed by atoms with E-state index in [-0.39, 0.29) is 12.7 Å². The zero-order valence-corrected chi connectivity index (χ0v) is 15.2. The molecule has 2 aromatic carbocycles. The van der Waals surface area contributed by atoms with E-state index in [2.05, 4.69) is 15.5 Å². The van der Waals surface area contributed by atoms with Crippen molar-refractivity contribution in [2.45, 2.75) is 0 Å². The summed E-state index contributed by atoms with van der Waals surface area (Å²) in [5, 5.41) is 12.0. The van der Waals surface area contributed by atoms with Crippen LogP contribution in [0.3, 0.4) is 0 Å². The van der Waals surface area contributed by atoms with Crippen molar-refractivity contribution in [3.8, 4) is 27.8 Å². The second-order valence-corrected chi connectivity index (χ2v) is 6.55. The van der Waals surface area contributed by atoms with Gasteiger partial charge in [0.05, 0.1) is 7.11 Å². The number of nitrogens with one attached hydrogen (secondary N) is 1. The van der Waals surface area contributed by atoms with Gasteiger partial charge in [-0.05, 0) is 48.0 Å². The summed E-state index contributed by atoms with van der Waals surface area (Å²) in [5.41, 5.74) is 1.75. The zero-order chi connectivity index (χ0) is 18.6. The molecule has 0 unspecified atom stereocenters. The van der Waals surface area contributed by atoms with Gasteiger partial charge in [-0.2, -0.15) is 0 Å². The summed E-state index contributed by atoms with van der Waals surface area (Å²) in [4.78, 5) is 12.1. The molecule has 27 heavy (non-hydrogen) atoms. The molecule has 0 bridgehead atoms. The van der Waals surface area contributed by atoms with Gasteiger partial charge >= 0.3 is 0 Å². The lowest BCUT2D eigenvalue weighted by Gasteiger charge is -1.99. The molecule has 1 amide bonds. The van der Waals surface area contributed by atoms with Crippen molar-refractivity contribution in [1.29, 1.82) is 0 Å². The molecule has 0 fully saturated rings. The van der Waals surface area contributed by atoms with Crippen molar-refractivity contribution in [1.82, 2.24) is 10.2 Å². The molecule has 136 valence electrons. The molecule has 7 nitrogen and oxygen atoms in total. The largest absolute Gasteiger partial charge is 0.497 e. The van der Waals surface area contributed by atoms with Gasteiger partial charge in [-0.15, -0.1) is 10.2 Å². The normalized spacial score (nSPS) is 12.3. The van der Waals surface area contributed by atoms with E-state index in [9.17, 15) is 4.79 Å². The molecule has 8 heteroatoms. The van der Waals surface area contributed by atoms with E-state index in [1.54, 1.807) is 13.2 Å². The van der Waals surface area contributed by atoms with Crippen LogP contribution in [-0.4, -0.2) is 30.0 Å². The molecule has 4 rings (SSSR count). The molecule has 1 aromatic heterocycles. The van der Waals surface area contributed by atoms with Gasteiger partial charge in [0.1, 0.15) is 10.8 Å². The number of nitrogens with zero attached hydrogens (tertiary/aromatic N) is 2. The predicted octanol–water partition coefficient (Wildman–Crippen LogP) is 3.59. The van der Waals surface area contributed by atoms with Crippen LogP contribution in [0.1, 0.15) is 5.56 Å². The monoisotopic (exact) mass is 381 g/mol. The van der Waals surface area contributed by atoms with Crippen LogP contribution in [0.15, 0.2) is 48.5 Å². The number of hydrogen-bond acceptors (Lipinski definition) is 7. The average Bonchev–Trinajstić information content (AvgIpc) is 3.35. The topological polar surface area (TPSA) is 82.6 Å². The fourth-order valence-electron chi connectivity index (χ4n) is 2.46. The number of carbonyl (C=O) groups excluding carboxylic acids is 1. The Morgan fingerprint density at radius 3 is 2.78 bits per heavy atom. The minimum atomic E-state index is -0.287. The maximum atomic E-state index is 12.1. The summed E-state index contributed by atoms with van der Waals surface area (Å²) < 4.78 is 15.7. The third-order valence-electron chi connectivity index (χ3n) is 3.82. The number of rotatable bonds is 5. The van der Waals surface area contributed by atoms with Gasteiger partial charge in [0.15, 0.2) is 11.5 Å². The number of anilines is 1. The van der Waals surface area contributed by atoms with Crippen LogP contribution in [0.25, 0.3) is 16.6 Å². The van der Waals surface area contributed by atoms with Gasteiger partial charge in [0.25, 0.3) is 0 Å². The van der Waals surface area contributed by atoms with Gasteiger partial charge < -0.3 is 14.2 Å². The Balaban J connectivity index is 1.40. The number of aromatic nitrogens is 2. The van der Waals surface area contributed by atoms with Crippen molar-refractivity contribution < 1.29 is 19.0 Å². The van der Waals surface area contributed by atoms with E-state index < -0.39 is 0 Å². The summed E-state index contributed by atoms with van der Waals surface area (Å²) in [6, 6.07) is 13.0. The highest BCUT2D eigenvalue weighted by Gasteiger charge is 2.12. The van der Waals surface area contributed by atoms with E-state index in [0.29, 0.717) is 21.6 Å². The third-order valence-corrected chi connectivity index (χ3v) is 4.70. The summed E-state index contributed by atoms with van der Waals surface area (Å²) in [6.07, 6.45) is 3.13. The van der Waals surface area contributed by atoms with Crippen LogP contribution in [-0.2, 0) is 4.79 Å². The van der Waals surface area contributed by atoms with Crippen LogP contribution in [0.5, 0.6) is 17.2 Å². The van der Waals surface area contributed by atoms with E-state index in [1.165, 1.54) is 17.4 Å². The minimum absolute atomic E-state index is 0.219. The third kappa shape index (κ3) is 3.90. The molecule has 1 aliphatic heterocycles. The number of methoxy groups -OCH3 is 1. The molecule has 1 aliphatic rings. The van der Waals surface area contributed by atoms with E-state index in [1.807, 2.05) is 42.5 Å². The van der Waals surface area contributed by atoms with Crippen molar-refractivity contribution in [3.63, 3.8) is 0 Å². The van der Waals surface area contributed by atoms with Crippen LogP contribution in [0, 0.1) is 0 Å². The molecule has 0 saturated carbocycles. The maximum absolute atomic E-state index is 12.1. The molecule has 3 aromatic rings. The van der Waals surface area contributed by atoms with Crippen LogP contribution >= 0.6 is 11.3 Å².